The molecule has 2 aromatic rings. The van der Waals surface area contributed by atoms with Crippen molar-refractivity contribution in [2.24, 2.45) is 5.92 Å². The topological polar surface area (TPSA) is 76.1 Å². The van der Waals surface area contributed by atoms with Crippen molar-refractivity contribution in [2.45, 2.75) is 19.8 Å². The van der Waals surface area contributed by atoms with E-state index in [0.717, 1.165) is 16.0 Å². The Morgan fingerprint density at radius 2 is 2.16 bits per heavy atom. The molecule has 0 saturated heterocycles. The minimum atomic E-state index is -3.16. The second kappa shape index (κ2) is 7.05. The van der Waals surface area contributed by atoms with Crippen molar-refractivity contribution < 1.29 is 17.6 Å². The van der Waals surface area contributed by atoms with Crippen molar-refractivity contribution >= 4 is 32.2 Å². The molecule has 0 saturated carbocycles. The predicted octanol–water partition coefficient (Wildman–Crippen LogP) is 3.07. The number of allylic oxidation sites excluding steroid dienone is 1. The molecule has 25 heavy (non-hydrogen) atoms. The molecule has 1 aromatic carbocycles. The fourth-order valence-electron chi connectivity index (χ4n) is 2.64. The van der Waals surface area contributed by atoms with Crippen LogP contribution in [0.5, 0.6) is 0 Å². The molecule has 1 N–H and O–H groups in total. The maximum Gasteiger partial charge on any atom is 0.226 e. The first-order valence-corrected chi connectivity index (χ1v) is 10.3. The molecule has 0 radical (unpaired) electrons. The van der Waals surface area contributed by atoms with Crippen LogP contribution >= 0.6 is 11.3 Å². The van der Waals surface area contributed by atoms with Gasteiger partial charge < -0.3 is 5.32 Å². The summed E-state index contributed by atoms with van der Waals surface area (Å²) in [4.78, 5) is 17.3. The van der Waals surface area contributed by atoms with Crippen LogP contribution in [-0.4, -0.2) is 25.1 Å². The quantitative estimate of drug-likeness (QED) is 0.865. The molecule has 3 rings (SSSR count). The van der Waals surface area contributed by atoms with Gasteiger partial charge in [-0.3, -0.25) is 4.79 Å². The van der Waals surface area contributed by atoms with Crippen molar-refractivity contribution in [3.8, 4) is 0 Å². The molecule has 8 heteroatoms. The first kappa shape index (κ1) is 17.8. The van der Waals surface area contributed by atoms with Gasteiger partial charge in [-0.25, -0.2) is 17.8 Å². The Morgan fingerprint density at radius 3 is 2.84 bits per heavy atom. The molecule has 5 nitrogen and oxygen atoms in total. The minimum absolute atomic E-state index is 0.0319. The van der Waals surface area contributed by atoms with Gasteiger partial charge in [0.25, 0.3) is 0 Å². The maximum atomic E-state index is 13.8. The summed E-state index contributed by atoms with van der Waals surface area (Å²) in [6.45, 7) is 1.81. The molecule has 0 spiro atoms. The number of thiazole rings is 1. The largest absolute Gasteiger partial charge is 0.302 e. The lowest BCUT2D eigenvalue weighted by Gasteiger charge is -2.05. The normalized spacial score (nSPS) is 18.4. The summed E-state index contributed by atoms with van der Waals surface area (Å²) in [6, 6.07) is 6.56. The second-order valence-corrected chi connectivity index (χ2v) is 8.98. The summed E-state index contributed by atoms with van der Waals surface area (Å²) >= 11 is 1.30. The van der Waals surface area contributed by atoms with E-state index in [2.05, 4.69) is 10.3 Å². The number of aryl methyl sites for hydroxylation is 1. The smallest absolute Gasteiger partial charge is 0.226 e. The highest BCUT2D eigenvalue weighted by atomic mass is 32.2. The Hall–Kier alpha value is -2.06. The number of rotatable bonds is 5. The number of nitrogens with one attached hydrogen (secondary N) is 1. The number of anilines is 1. The van der Waals surface area contributed by atoms with Gasteiger partial charge in [0.05, 0.1) is 11.4 Å². The third-order valence-corrected chi connectivity index (χ3v) is 6.44. The number of aromatic nitrogens is 1. The number of nitrogens with zero attached hydrogens (tertiary/aromatic N) is 1. The summed E-state index contributed by atoms with van der Waals surface area (Å²) in [7, 11) is -3.16. The van der Waals surface area contributed by atoms with Gasteiger partial charge in [-0.15, -0.1) is 11.3 Å². The number of benzene rings is 1. The Kier molecular flexibility index (Phi) is 5.01. The highest BCUT2D eigenvalue weighted by Crippen LogP contribution is 2.27. The van der Waals surface area contributed by atoms with Gasteiger partial charge in [-0.2, -0.15) is 0 Å². The molecule has 1 aliphatic rings. The molecular formula is C17H17FN2O3S2. The lowest BCUT2D eigenvalue weighted by Crippen LogP contribution is -2.17. The van der Waals surface area contributed by atoms with Crippen molar-refractivity contribution in [3.05, 3.63) is 57.7 Å². The van der Waals surface area contributed by atoms with Gasteiger partial charge in [0.1, 0.15) is 5.82 Å². The van der Waals surface area contributed by atoms with E-state index in [0.29, 0.717) is 17.1 Å². The Balaban J connectivity index is 1.63. The van der Waals surface area contributed by atoms with Crippen molar-refractivity contribution in [2.75, 3.05) is 11.1 Å². The molecule has 0 aliphatic carbocycles. The molecule has 0 fully saturated rings. The molecule has 0 bridgehead atoms. The Labute approximate surface area is 149 Å². The number of sulfone groups is 1. The first-order valence-electron chi connectivity index (χ1n) is 7.73. The van der Waals surface area contributed by atoms with Crippen molar-refractivity contribution in [1.82, 2.24) is 4.98 Å². The van der Waals surface area contributed by atoms with E-state index < -0.39 is 9.84 Å². The molecule has 132 valence electrons. The van der Waals surface area contributed by atoms with Crippen molar-refractivity contribution in [3.63, 3.8) is 0 Å². The van der Waals surface area contributed by atoms with Crippen molar-refractivity contribution in [1.29, 1.82) is 0 Å². The summed E-state index contributed by atoms with van der Waals surface area (Å²) in [5.74, 6) is -0.882. The Bertz CT molecular complexity index is 935. The van der Waals surface area contributed by atoms with Crippen LogP contribution in [0.25, 0.3) is 0 Å². The number of hydrogen-bond acceptors (Lipinski definition) is 5. The second-order valence-electron chi connectivity index (χ2n) is 5.97. The summed E-state index contributed by atoms with van der Waals surface area (Å²) in [6.07, 6.45) is 2.05. The zero-order chi connectivity index (χ0) is 18.0. The lowest BCUT2D eigenvalue weighted by atomic mass is 10.1. The zero-order valence-electron chi connectivity index (χ0n) is 13.5. The summed E-state index contributed by atoms with van der Waals surface area (Å²) < 4.78 is 36.5. The van der Waals surface area contributed by atoms with Crippen LogP contribution in [0.15, 0.2) is 35.7 Å². The standard InChI is InChI=1S/C17H17FN2O3S2/c1-11-15(9-13-4-2-3-5-14(13)18)24-17(19-11)20-16(21)8-12-6-7-25(22,23)10-12/h2-7,12H,8-10H2,1H3,(H,19,20,21)/t12-/m0/s1. The predicted molar refractivity (Wildman–Crippen MR) is 95.7 cm³/mol. The number of halogens is 1. The maximum absolute atomic E-state index is 13.8. The average Bonchev–Trinajstić information content (AvgIpc) is 3.03. The Morgan fingerprint density at radius 1 is 1.40 bits per heavy atom. The van der Waals surface area contributed by atoms with Gasteiger partial charge in [0.15, 0.2) is 15.0 Å². The van der Waals surface area contributed by atoms with Crippen LogP contribution in [0.4, 0.5) is 9.52 Å². The molecule has 2 heterocycles. The number of carbonyl (C=O) groups is 1. The monoisotopic (exact) mass is 380 g/mol. The fourth-order valence-corrected chi connectivity index (χ4v) is 5.04. The molecule has 1 aromatic heterocycles. The fraction of sp³-hybridized carbons (Fsp3) is 0.294. The van der Waals surface area contributed by atoms with Gasteiger partial charge >= 0.3 is 0 Å². The van der Waals surface area contributed by atoms with E-state index in [1.165, 1.54) is 17.4 Å². The van der Waals surface area contributed by atoms with Gasteiger partial charge in [0.2, 0.25) is 5.91 Å². The number of amides is 1. The van der Waals surface area contributed by atoms with Gasteiger partial charge in [-0.1, -0.05) is 24.3 Å². The van der Waals surface area contributed by atoms with E-state index in [-0.39, 0.29) is 29.8 Å². The third-order valence-electron chi connectivity index (χ3n) is 3.90. The van der Waals surface area contributed by atoms with Crippen LogP contribution in [0, 0.1) is 18.7 Å². The summed E-state index contributed by atoms with van der Waals surface area (Å²) in [5.41, 5.74) is 1.32. The molecular weight excluding hydrogens is 363 g/mol. The average molecular weight is 380 g/mol. The summed E-state index contributed by atoms with van der Waals surface area (Å²) in [5, 5.41) is 4.30. The van der Waals surface area contributed by atoms with Crippen LogP contribution in [0.2, 0.25) is 0 Å². The van der Waals surface area contributed by atoms with Gasteiger partial charge in [-0.05, 0) is 18.6 Å². The van der Waals surface area contributed by atoms with Crippen LogP contribution in [-0.2, 0) is 21.1 Å². The van der Waals surface area contributed by atoms with E-state index in [1.54, 1.807) is 24.3 Å². The molecule has 1 atom stereocenters. The molecule has 0 unspecified atom stereocenters. The molecule has 1 aliphatic heterocycles. The van der Waals surface area contributed by atoms with Crippen LogP contribution < -0.4 is 5.32 Å². The minimum Gasteiger partial charge on any atom is -0.302 e. The number of hydrogen-bond donors (Lipinski definition) is 1. The van der Waals surface area contributed by atoms with E-state index in [1.807, 2.05) is 6.92 Å². The van der Waals surface area contributed by atoms with Gasteiger partial charge in [0, 0.05) is 29.0 Å². The highest BCUT2D eigenvalue weighted by molar-refractivity contribution is 7.94. The van der Waals surface area contributed by atoms with E-state index >= 15 is 0 Å². The van der Waals surface area contributed by atoms with Crippen LogP contribution in [0.3, 0.4) is 0 Å². The molecule has 1 amide bonds. The van der Waals surface area contributed by atoms with Crippen LogP contribution in [0.1, 0.15) is 22.6 Å². The highest BCUT2D eigenvalue weighted by Gasteiger charge is 2.24. The van der Waals surface area contributed by atoms with E-state index in [9.17, 15) is 17.6 Å². The third kappa shape index (κ3) is 4.52. The first-order chi connectivity index (χ1) is 11.8. The lowest BCUT2D eigenvalue weighted by molar-refractivity contribution is -0.116. The van der Waals surface area contributed by atoms with E-state index in [4.69, 9.17) is 0 Å². The zero-order valence-corrected chi connectivity index (χ0v) is 15.2. The number of carbonyl (C=O) groups excluding carboxylic acids is 1. The SMILES string of the molecule is Cc1nc(NC(=O)C[C@@H]2C=CS(=O)(=O)C2)sc1Cc1ccccc1F.